The molecule has 0 amide bonds. The summed E-state index contributed by atoms with van der Waals surface area (Å²) < 4.78 is 0. The maximum absolute atomic E-state index is 6.09. The van der Waals surface area contributed by atoms with Crippen LogP contribution in [0.1, 0.15) is 31.9 Å². The summed E-state index contributed by atoms with van der Waals surface area (Å²) in [7, 11) is 0. The summed E-state index contributed by atoms with van der Waals surface area (Å²) in [5, 5.41) is 0. The van der Waals surface area contributed by atoms with Crippen LogP contribution in [0.25, 0.3) is 5.57 Å². The number of hydrogen-bond acceptors (Lipinski definition) is 1. The molecule has 1 aliphatic carbocycles. The molecule has 0 bridgehead atoms. The average molecular weight is 223 g/mol. The number of nitrogens with two attached hydrogens (primary N) is 1. The number of rotatable bonds is 1. The molecule has 1 aromatic rings. The highest BCUT2D eigenvalue weighted by atomic mass is 14.6. The van der Waals surface area contributed by atoms with Crippen LogP contribution in [0, 0.1) is 12.3 Å². The van der Waals surface area contributed by atoms with Crippen LogP contribution in [0.15, 0.2) is 35.9 Å². The minimum Gasteiger partial charge on any atom is -0.398 e. The van der Waals surface area contributed by atoms with Crippen LogP contribution in [0.2, 0.25) is 0 Å². The summed E-state index contributed by atoms with van der Waals surface area (Å²) in [6.07, 6.45) is 9.74. The van der Waals surface area contributed by atoms with Gasteiger partial charge in [-0.2, -0.15) is 0 Å². The molecule has 2 rings (SSSR count). The Morgan fingerprint density at radius 3 is 2.65 bits per heavy atom. The highest BCUT2D eigenvalue weighted by Gasteiger charge is 2.36. The molecule has 2 N–H and O–H groups in total. The van der Waals surface area contributed by atoms with E-state index in [1.165, 1.54) is 5.56 Å². The van der Waals surface area contributed by atoms with E-state index in [4.69, 9.17) is 12.2 Å². The molecular weight excluding hydrogens is 206 g/mol. The van der Waals surface area contributed by atoms with Gasteiger partial charge in [0.2, 0.25) is 0 Å². The molecule has 0 fully saturated rings. The number of nitrogen functional groups attached to an aromatic ring is 1. The Morgan fingerprint density at radius 2 is 2.06 bits per heavy atom. The van der Waals surface area contributed by atoms with Gasteiger partial charge in [-0.25, -0.2) is 0 Å². The zero-order valence-corrected chi connectivity index (χ0v) is 10.5. The maximum Gasteiger partial charge on any atom is 0.0397 e. The Hall–Kier alpha value is -1.94. The molecule has 0 heterocycles. The normalized spacial score (nSPS) is 17.3. The molecule has 0 saturated heterocycles. The molecular formula is C16H17N. The number of allylic oxidation sites excluding steroid dienone is 4. The van der Waals surface area contributed by atoms with Gasteiger partial charge in [0.15, 0.2) is 0 Å². The second-order valence-electron chi connectivity index (χ2n) is 4.83. The van der Waals surface area contributed by atoms with Crippen LogP contribution in [-0.2, 0) is 5.41 Å². The van der Waals surface area contributed by atoms with Gasteiger partial charge in [0, 0.05) is 22.2 Å². The lowest BCUT2D eigenvalue weighted by atomic mass is 9.81. The third kappa shape index (κ3) is 1.49. The summed E-state index contributed by atoms with van der Waals surface area (Å²) in [6.45, 7) is 6.29. The smallest absolute Gasteiger partial charge is 0.0397 e. The Kier molecular flexibility index (Phi) is 2.59. The first-order chi connectivity index (χ1) is 8.04. The lowest BCUT2D eigenvalue weighted by molar-refractivity contribution is 0.659. The van der Waals surface area contributed by atoms with E-state index in [2.05, 4.69) is 31.9 Å². The van der Waals surface area contributed by atoms with Crippen molar-refractivity contribution < 1.29 is 0 Å². The average Bonchev–Trinajstić information content (AvgIpc) is 2.49. The first kappa shape index (κ1) is 11.5. The van der Waals surface area contributed by atoms with Gasteiger partial charge in [-0.05, 0) is 24.1 Å². The molecule has 0 radical (unpaired) electrons. The minimum absolute atomic E-state index is 0.131. The van der Waals surface area contributed by atoms with E-state index in [9.17, 15) is 0 Å². The maximum atomic E-state index is 6.09. The number of benzene rings is 1. The monoisotopic (exact) mass is 223 g/mol. The van der Waals surface area contributed by atoms with Crippen molar-refractivity contribution in [3.63, 3.8) is 0 Å². The van der Waals surface area contributed by atoms with Gasteiger partial charge < -0.3 is 5.73 Å². The lowest BCUT2D eigenvalue weighted by Gasteiger charge is -2.21. The predicted octanol–water partition coefficient (Wildman–Crippen LogP) is 3.52. The van der Waals surface area contributed by atoms with Crippen molar-refractivity contribution in [2.75, 3.05) is 5.73 Å². The minimum atomic E-state index is -0.131. The molecule has 0 aromatic heterocycles. The van der Waals surface area contributed by atoms with Gasteiger partial charge >= 0.3 is 0 Å². The zero-order valence-electron chi connectivity index (χ0n) is 10.5. The molecule has 1 aromatic carbocycles. The number of anilines is 1. The Balaban J connectivity index is 2.84. The summed E-state index contributed by atoms with van der Waals surface area (Å²) >= 11 is 0. The van der Waals surface area contributed by atoms with Crippen molar-refractivity contribution in [1.82, 2.24) is 0 Å². The van der Waals surface area contributed by atoms with Crippen LogP contribution in [0.5, 0.6) is 0 Å². The van der Waals surface area contributed by atoms with Crippen LogP contribution in [0.3, 0.4) is 0 Å². The van der Waals surface area contributed by atoms with E-state index < -0.39 is 0 Å². The SMILES string of the molecule is C#CC1=C(/C=C\C)c2c(N)cccc2C1(C)C. The number of terminal acetylenes is 1. The lowest BCUT2D eigenvalue weighted by Crippen LogP contribution is -2.16. The van der Waals surface area contributed by atoms with Gasteiger partial charge in [0.1, 0.15) is 0 Å². The van der Waals surface area contributed by atoms with Crippen molar-refractivity contribution in [3.8, 4) is 12.3 Å². The van der Waals surface area contributed by atoms with Gasteiger partial charge in [0.25, 0.3) is 0 Å². The van der Waals surface area contributed by atoms with E-state index in [0.29, 0.717) is 0 Å². The topological polar surface area (TPSA) is 26.0 Å². The number of hydrogen-bond donors (Lipinski definition) is 1. The Labute approximate surface area is 103 Å². The van der Waals surface area contributed by atoms with E-state index in [1.807, 2.05) is 25.1 Å². The fourth-order valence-electron chi connectivity index (χ4n) is 2.58. The van der Waals surface area contributed by atoms with Crippen LogP contribution in [0.4, 0.5) is 5.69 Å². The van der Waals surface area contributed by atoms with Crippen LogP contribution in [-0.4, -0.2) is 0 Å². The molecule has 0 spiro atoms. The van der Waals surface area contributed by atoms with E-state index in [0.717, 1.165) is 22.4 Å². The predicted molar refractivity (Wildman–Crippen MR) is 74.4 cm³/mol. The van der Waals surface area contributed by atoms with E-state index in [1.54, 1.807) is 0 Å². The van der Waals surface area contributed by atoms with Crippen LogP contribution < -0.4 is 5.73 Å². The van der Waals surface area contributed by atoms with Crippen molar-refractivity contribution in [1.29, 1.82) is 0 Å². The summed E-state index contributed by atoms with van der Waals surface area (Å²) in [6, 6.07) is 6.03. The van der Waals surface area contributed by atoms with Gasteiger partial charge in [-0.1, -0.05) is 44.1 Å². The fraction of sp³-hybridized carbons (Fsp3) is 0.250. The van der Waals surface area contributed by atoms with Crippen molar-refractivity contribution in [2.45, 2.75) is 26.2 Å². The van der Waals surface area contributed by atoms with Crippen LogP contribution >= 0.6 is 0 Å². The van der Waals surface area contributed by atoms with Crippen molar-refractivity contribution in [3.05, 3.63) is 47.1 Å². The second-order valence-corrected chi connectivity index (χ2v) is 4.83. The largest absolute Gasteiger partial charge is 0.398 e. The zero-order chi connectivity index (χ0) is 12.6. The molecule has 0 saturated carbocycles. The first-order valence-corrected chi connectivity index (χ1v) is 5.77. The molecule has 0 unspecified atom stereocenters. The standard InChI is InChI=1S/C16H17N/c1-5-8-11-12(6-2)16(3,4)13-9-7-10-14(17)15(11)13/h2,5,7-10H,17H2,1,3-4H3/b8-5-. The highest BCUT2D eigenvalue weighted by molar-refractivity contribution is 5.93. The molecule has 1 nitrogen and oxygen atoms in total. The molecule has 86 valence electrons. The summed E-state index contributed by atoms with van der Waals surface area (Å²) in [4.78, 5) is 0. The van der Waals surface area contributed by atoms with Crippen molar-refractivity contribution >= 4 is 11.3 Å². The van der Waals surface area contributed by atoms with Gasteiger partial charge in [0.05, 0.1) is 0 Å². The Morgan fingerprint density at radius 1 is 1.35 bits per heavy atom. The molecule has 17 heavy (non-hydrogen) atoms. The Bertz CT molecular complexity index is 566. The fourth-order valence-corrected chi connectivity index (χ4v) is 2.58. The first-order valence-electron chi connectivity index (χ1n) is 5.77. The molecule has 1 heteroatoms. The molecule has 0 atom stereocenters. The van der Waals surface area contributed by atoms with Crippen molar-refractivity contribution in [2.24, 2.45) is 0 Å². The summed E-state index contributed by atoms with van der Waals surface area (Å²) in [5.41, 5.74) is 11.2. The summed E-state index contributed by atoms with van der Waals surface area (Å²) in [5.74, 6) is 2.84. The van der Waals surface area contributed by atoms with E-state index >= 15 is 0 Å². The molecule has 0 aliphatic heterocycles. The number of fused-ring (bicyclic) bond motifs is 1. The van der Waals surface area contributed by atoms with E-state index in [-0.39, 0.29) is 5.41 Å². The van der Waals surface area contributed by atoms with Gasteiger partial charge in [-0.15, -0.1) is 6.42 Å². The van der Waals surface area contributed by atoms with Gasteiger partial charge in [-0.3, -0.25) is 0 Å². The molecule has 1 aliphatic rings. The quantitative estimate of drug-likeness (QED) is 0.572. The second kappa shape index (κ2) is 3.82. The third-order valence-electron chi connectivity index (χ3n) is 3.41. The third-order valence-corrected chi connectivity index (χ3v) is 3.41. The highest BCUT2D eigenvalue weighted by Crippen LogP contribution is 2.48.